The summed E-state index contributed by atoms with van der Waals surface area (Å²) in [5.41, 5.74) is 7.51. The maximum atomic E-state index is 3.64. The molecule has 0 bridgehead atoms. The Hall–Kier alpha value is -3.52. The van der Waals surface area contributed by atoms with Gasteiger partial charge in [-0.15, -0.1) is 0 Å². The first kappa shape index (κ1) is 15.5. The van der Waals surface area contributed by atoms with Crippen LogP contribution in [0, 0.1) is 0 Å². The van der Waals surface area contributed by atoms with Crippen LogP contribution in [0.4, 0.5) is 0 Å². The summed E-state index contributed by atoms with van der Waals surface area (Å²) in [7, 11) is 0. The third kappa shape index (κ3) is 2.03. The standard InChI is InChI=1S/C26H20N2/c1-2-28-24-13-6-4-9-20(24)21-15-14-17(16-25(21)28)18-10-7-11-22-19-8-3-5-12-23(19)27-26(18)22/h3-16,27H,2H2,1H3. The maximum Gasteiger partial charge on any atom is 0.0544 e. The van der Waals surface area contributed by atoms with Crippen molar-refractivity contribution in [2.75, 3.05) is 0 Å². The summed E-state index contributed by atoms with van der Waals surface area (Å²) < 4.78 is 2.42. The van der Waals surface area contributed by atoms with Crippen LogP contribution < -0.4 is 0 Å². The van der Waals surface area contributed by atoms with Crippen molar-refractivity contribution in [2.45, 2.75) is 13.5 Å². The van der Waals surface area contributed by atoms with Crippen LogP contribution in [0.1, 0.15) is 6.92 Å². The largest absolute Gasteiger partial charge is 0.354 e. The van der Waals surface area contributed by atoms with Crippen LogP contribution in [0.3, 0.4) is 0 Å². The minimum atomic E-state index is 0.962. The van der Waals surface area contributed by atoms with Gasteiger partial charge in [0.25, 0.3) is 0 Å². The van der Waals surface area contributed by atoms with Gasteiger partial charge in [0.15, 0.2) is 0 Å². The van der Waals surface area contributed by atoms with Crippen molar-refractivity contribution in [3.8, 4) is 11.1 Å². The summed E-state index contributed by atoms with van der Waals surface area (Å²) in [5.74, 6) is 0. The SMILES string of the molecule is CCn1c2ccccc2c2ccc(-c3cccc4c3[nH]c3ccccc34)cc21. The zero-order valence-corrected chi connectivity index (χ0v) is 15.7. The normalized spacial score (nSPS) is 11.9. The Balaban J connectivity index is 1.68. The molecule has 0 saturated carbocycles. The van der Waals surface area contributed by atoms with Crippen molar-refractivity contribution in [3.63, 3.8) is 0 Å². The van der Waals surface area contributed by atoms with Crippen molar-refractivity contribution < 1.29 is 0 Å². The van der Waals surface area contributed by atoms with Gasteiger partial charge in [-0.1, -0.05) is 66.7 Å². The van der Waals surface area contributed by atoms with Gasteiger partial charge in [-0.05, 0) is 30.7 Å². The van der Waals surface area contributed by atoms with Crippen LogP contribution in [0.5, 0.6) is 0 Å². The lowest BCUT2D eigenvalue weighted by molar-refractivity contribution is 0.827. The van der Waals surface area contributed by atoms with E-state index in [0.717, 1.165) is 6.54 Å². The summed E-state index contributed by atoms with van der Waals surface area (Å²) >= 11 is 0. The second kappa shape index (κ2) is 5.74. The first-order valence-electron chi connectivity index (χ1n) is 9.86. The molecule has 0 aliphatic carbocycles. The highest BCUT2D eigenvalue weighted by Crippen LogP contribution is 2.36. The third-order valence-electron chi connectivity index (χ3n) is 5.94. The van der Waals surface area contributed by atoms with Gasteiger partial charge >= 0.3 is 0 Å². The zero-order chi connectivity index (χ0) is 18.7. The Morgan fingerprint density at radius 2 is 1.43 bits per heavy atom. The zero-order valence-electron chi connectivity index (χ0n) is 15.7. The number of aryl methyl sites for hydroxylation is 1. The minimum Gasteiger partial charge on any atom is -0.354 e. The number of hydrogen-bond donors (Lipinski definition) is 1. The Labute approximate surface area is 163 Å². The van der Waals surface area contributed by atoms with Crippen LogP contribution in [0.2, 0.25) is 0 Å². The van der Waals surface area contributed by atoms with Crippen molar-refractivity contribution in [3.05, 3.63) is 84.9 Å². The number of benzene rings is 4. The Morgan fingerprint density at radius 1 is 0.679 bits per heavy atom. The number of hydrogen-bond acceptors (Lipinski definition) is 0. The summed E-state index contributed by atoms with van der Waals surface area (Å²) in [4.78, 5) is 3.64. The molecule has 2 aromatic heterocycles. The number of rotatable bonds is 2. The lowest BCUT2D eigenvalue weighted by Gasteiger charge is -2.07. The minimum absolute atomic E-state index is 0.962. The molecule has 1 N–H and O–H groups in total. The van der Waals surface area contributed by atoms with Crippen LogP contribution in [-0.2, 0) is 6.54 Å². The molecular weight excluding hydrogens is 340 g/mol. The molecule has 0 unspecified atom stereocenters. The Kier molecular flexibility index (Phi) is 3.18. The molecule has 6 rings (SSSR count). The lowest BCUT2D eigenvalue weighted by Crippen LogP contribution is -1.93. The van der Waals surface area contributed by atoms with Crippen LogP contribution in [0.15, 0.2) is 84.9 Å². The number of nitrogens with zero attached hydrogens (tertiary/aromatic N) is 1. The Bertz CT molecular complexity index is 1500. The Morgan fingerprint density at radius 3 is 2.32 bits per heavy atom. The highest BCUT2D eigenvalue weighted by Gasteiger charge is 2.13. The van der Waals surface area contributed by atoms with Gasteiger partial charge in [0.2, 0.25) is 0 Å². The molecule has 2 heteroatoms. The number of nitrogens with one attached hydrogen (secondary N) is 1. The molecule has 0 aliphatic rings. The molecule has 0 atom stereocenters. The average molecular weight is 360 g/mol. The van der Waals surface area contributed by atoms with Crippen molar-refractivity contribution in [1.29, 1.82) is 0 Å². The fourth-order valence-corrected chi connectivity index (χ4v) is 4.67. The van der Waals surface area contributed by atoms with Gasteiger partial charge < -0.3 is 9.55 Å². The van der Waals surface area contributed by atoms with E-state index in [4.69, 9.17) is 0 Å². The molecule has 2 nitrogen and oxygen atoms in total. The summed E-state index contributed by atoms with van der Waals surface area (Å²) in [6.07, 6.45) is 0. The molecule has 28 heavy (non-hydrogen) atoms. The number of H-pyrrole nitrogens is 1. The highest BCUT2D eigenvalue weighted by atomic mass is 15.0. The molecule has 0 aliphatic heterocycles. The fourth-order valence-electron chi connectivity index (χ4n) is 4.67. The maximum absolute atomic E-state index is 3.64. The summed E-state index contributed by atoms with van der Waals surface area (Å²) in [5, 5.41) is 5.21. The van der Waals surface area contributed by atoms with E-state index in [0.29, 0.717) is 0 Å². The van der Waals surface area contributed by atoms with Gasteiger partial charge in [-0.2, -0.15) is 0 Å². The number of aromatic nitrogens is 2. The molecule has 0 spiro atoms. The van der Waals surface area contributed by atoms with Gasteiger partial charge in [0.05, 0.1) is 5.52 Å². The topological polar surface area (TPSA) is 20.7 Å². The monoisotopic (exact) mass is 360 g/mol. The molecule has 0 amide bonds. The fraction of sp³-hybridized carbons (Fsp3) is 0.0769. The lowest BCUT2D eigenvalue weighted by atomic mass is 10.0. The van der Waals surface area contributed by atoms with Crippen LogP contribution in [-0.4, -0.2) is 9.55 Å². The van der Waals surface area contributed by atoms with E-state index in [1.807, 2.05) is 0 Å². The van der Waals surface area contributed by atoms with E-state index >= 15 is 0 Å². The number of fused-ring (bicyclic) bond motifs is 6. The van der Waals surface area contributed by atoms with Gasteiger partial charge in [-0.25, -0.2) is 0 Å². The molecule has 134 valence electrons. The summed E-state index contributed by atoms with van der Waals surface area (Å²) in [6.45, 7) is 3.18. The van der Waals surface area contributed by atoms with Crippen LogP contribution >= 0.6 is 0 Å². The quantitative estimate of drug-likeness (QED) is 0.339. The third-order valence-corrected chi connectivity index (χ3v) is 5.94. The molecule has 0 radical (unpaired) electrons. The van der Waals surface area contributed by atoms with Crippen molar-refractivity contribution >= 4 is 43.6 Å². The van der Waals surface area contributed by atoms with Crippen LogP contribution in [0.25, 0.3) is 54.7 Å². The molecule has 0 saturated heterocycles. The van der Waals surface area contributed by atoms with Crippen molar-refractivity contribution in [1.82, 2.24) is 9.55 Å². The van der Waals surface area contributed by atoms with E-state index in [1.165, 1.54) is 54.7 Å². The second-order valence-corrected chi connectivity index (χ2v) is 7.39. The summed E-state index contributed by atoms with van der Waals surface area (Å²) in [6, 6.07) is 30.7. The first-order valence-corrected chi connectivity index (χ1v) is 9.86. The number of aromatic amines is 1. The van der Waals surface area contributed by atoms with Gasteiger partial charge in [0.1, 0.15) is 0 Å². The number of para-hydroxylation sites is 3. The van der Waals surface area contributed by atoms with E-state index in [1.54, 1.807) is 0 Å². The predicted octanol–water partition coefficient (Wildman–Crippen LogP) is 7.12. The van der Waals surface area contributed by atoms with E-state index < -0.39 is 0 Å². The second-order valence-electron chi connectivity index (χ2n) is 7.39. The van der Waals surface area contributed by atoms with Crippen molar-refractivity contribution in [2.24, 2.45) is 0 Å². The molecule has 2 heterocycles. The van der Waals surface area contributed by atoms with E-state index in [2.05, 4.69) is 101 Å². The predicted molar refractivity (Wildman–Crippen MR) is 120 cm³/mol. The molecular formula is C26H20N2. The van der Waals surface area contributed by atoms with Gasteiger partial charge in [-0.3, -0.25) is 0 Å². The van der Waals surface area contributed by atoms with E-state index in [-0.39, 0.29) is 0 Å². The van der Waals surface area contributed by atoms with E-state index in [9.17, 15) is 0 Å². The average Bonchev–Trinajstić information content (AvgIpc) is 3.28. The smallest absolute Gasteiger partial charge is 0.0544 e. The van der Waals surface area contributed by atoms with Gasteiger partial charge in [0, 0.05) is 50.2 Å². The molecule has 6 aromatic rings. The molecule has 0 fully saturated rings. The molecule has 4 aromatic carbocycles. The highest BCUT2D eigenvalue weighted by molar-refractivity contribution is 6.13. The first-order chi connectivity index (χ1) is 13.8.